The van der Waals surface area contributed by atoms with Gasteiger partial charge in [0.05, 0.1) is 39.9 Å². The van der Waals surface area contributed by atoms with Crippen LogP contribution in [-0.2, 0) is 13.6 Å². The fraction of sp³-hybridized carbons (Fsp3) is 0.250. The van der Waals surface area contributed by atoms with E-state index < -0.39 is 29.2 Å². The topological polar surface area (TPSA) is 89.1 Å². The van der Waals surface area contributed by atoms with E-state index in [1.807, 2.05) is 6.07 Å². The molecule has 2 N–H and O–H groups in total. The molecule has 10 heteroatoms. The van der Waals surface area contributed by atoms with E-state index in [2.05, 4.69) is 10.4 Å². The lowest BCUT2D eigenvalue weighted by atomic mass is 9.99. The highest BCUT2D eigenvalue weighted by Crippen LogP contribution is 2.31. The number of carbonyl (C=O) groups is 1. The van der Waals surface area contributed by atoms with Gasteiger partial charge in [0.1, 0.15) is 11.6 Å². The molecule has 0 bridgehead atoms. The molecular weight excluding hydrogens is 510 g/mol. The first-order chi connectivity index (χ1) is 18.3. The van der Waals surface area contributed by atoms with Crippen molar-refractivity contribution in [1.82, 2.24) is 19.7 Å². The molecule has 3 aromatic heterocycles. The summed E-state index contributed by atoms with van der Waals surface area (Å²) in [6, 6.07) is 9.12. The number of rotatable bonds is 5. The summed E-state index contributed by atoms with van der Waals surface area (Å²) in [6.07, 6.45) is 4.60. The van der Waals surface area contributed by atoms with E-state index in [9.17, 15) is 14.7 Å². The van der Waals surface area contributed by atoms with Crippen LogP contribution in [0.5, 0.6) is 0 Å². The first kappa shape index (κ1) is 24.4. The summed E-state index contributed by atoms with van der Waals surface area (Å²) in [7, 11) is 1.78. The normalized spacial score (nSPS) is 17.5. The molecular formula is C28H24F2N4O3S. The zero-order valence-corrected chi connectivity index (χ0v) is 21.3. The van der Waals surface area contributed by atoms with E-state index in [1.165, 1.54) is 29.7 Å². The average Bonchev–Trinajstić information content (AvgIpc) is 3.62. The lowest BCUT2D eigenvalue weighted by molar-refractivity contribution is 0.0874. The van der Waals surface area contributed by atoms with Gasteiger partial charge >= 0.3 is 0 Å². The lowest BCUT2D eigenvalue weighted by Gasteiger charge is -2.17. The van der Waals surface area contributed by atoms with Crippen molar-refractivity contribution in [3.63, 3.8) is 0 Å². The smallest absolute Gasteiger partial charge is 0.259 e. The van der Waals surface area contributed by atoms with Crippen LogP contribution in [0.25, 0.3) is 32.1 Å². The van der Waals surface area contributed by atoms with Crippen LogP contribution >= 0.6 is 11.3 Å². The zero-order valence-electron chi connectivity index (χ0n) is 20.4. The molecule has 0 aliphatic heterocycles. The number of hydrogen-bond acceptors (Lipinski definition) is 5. The minimum absolute atomic E-state index is 0.231. The Morgan fingerprint density at radius 1 is 1.16 bits per heavy atom. The van der Waals surface area contributed by atoms with Crippen molar-refractivity contribution < 1.29 is 18.7 Å². The molecule has 38 heavy (non-hydrogen) atoms. The molecule has 0 unspecified atom stereocenters. The Kier molecular flexibility index (Phi) is 6.08. The van der Waals surface area contributed by atoms with Crippen molar-refractivity contribution in [2.24, 2.45) is 7.05 Å². The number of pyridine rings is 1. The number of nitrogens with one attached hydrogen (secondary N) is 1. The quantitative estimate of drug-likeness (QED) is 0.345. The number of aryl methyl sites for hydroxylation is 1. The van der Waals surface area contributed by atoms with Gasteiger partial charge in [-0.15, -0.1) is 11.3 Å². The van der Waals surface area contributed by atoms with Gasteiger partial charge in [0.15, 0.2) is 0 Å². The number of aliphatic hydroxyl groups is 1. The molecule has 1 amide bonds. The second-order valence-corrected chi connectivity index (χ2v) is 10.6. The lowest BCUT2D eigenvalue weighted by Crippen LogP contribution is -2.40. The number of halogens is 2. The SMILES string of the molecule is Cn1cc2c(-c3cc(F)c(Cn4cc(C(=O)N[C@H]5CCC[C@@H]5O)c5sccc5c4=O)c(F)c3)cccc2n1. The van der Waals surface area contributed by atoms with Crippen molar-refractivity contribution in [3.8, 4) is 11.1 Å². The van der Waals surface area contributed by atoms with Crippen LogP contribution in [-0.4, -0.2) is 37.5 Å². The predicted molar refractivity (Wildman–Crippen MR) is 142 cm³/mol. The third-order valence-corrected chi connectivity index (χ3v) is 8.12. The number of hydrogen-bond donors (Lipinski definition) is 2. The molecule has 1 fully saturated rings. The van der Waals surface area contributed by atoms with Crippen LogP contribution in [0, 0.1) is 11.6 Å². The number of fused-ring (bicyclic) bond motifs is 2. The summed E-state index contributed by atoms with van der Waals surface area (Å²) in [6.45, 7) is -0.383. The van der Waals surface area contributed by atoms with Crippen LogP contribution in [0.15, 0.2) is 59.0 Å². The monoisotopic (exact) mass is 534 g/mol. The fourth-order valence-electron chi connectivity index (χ4n) is 5.24. The van der Waals surface area contributed by atoms with E-state index in [0.717, 1.165) is 16.4 Å². The molecule has 1 saturated carbocycles. The van der Waals surface area contributed by atoms with Gasteiger partial charge in [-0.1, -0.05) is 12.1 Å². The predicted octanol–water partition coefficient (Wildman–Crippen LogP) is 4.59. The first-order valence-electron chi connectivity index (χ1n) is 12.3. The maximum atomic E-state index is 15.4. The molecule has 5 aromatic rings. The third-order valence-electron chi connectivity index (χ3n) is 7.17. The van der Waals surface area contributed by atoms with Gasteiger partial charge in [-0.2, -0.15) is 5.10 Å². The van der Waals surface area contributed by atoms with E-state index in [4.69, 9.17) is 0 Å². The fourth-order valence-corrected chi connectivity index (χ4v) is 6.14. The maximum Gasteiger partial charge on any atom is 0.259 e. The Balaban J connectivity index is 1.38. The number of aliphatic hydroxyl groups excluding tert-OH is 1. The van der Waals surface area contributed by atoms with Crippen LogP contribution < -0.4 is 10.9 Å². The molecule has 0 saturated heterocycles. The van der Waals surface area contributed by atoms with Crippen LogP contribution in [0.4, 0.5) is 8.78 Å². The minimum Gasteiger partial charge on any atom is -0.391 e. The Labute approximate surface area is 219 Å². The third kappa shape index (κ3) is 4.19. The van der Waals surface area contributed by atoms with E-state index in [0.29, 0.717) is 39.6 Å². The summed E-state index contributed by atoms with van der Waals surface area (Å²) in [5.74, 6) is -2.02. The van der Waals surface area contributed by atoms with Crippen LogP contribution in [0.2, 0.25) is 0 Å². The van der Waals surface area contributed by atoms with Gasteiger partial charge in [-0.05, 0) is 60.0 Å². The second kappa shape index (κ2) is 9.45. The summed E-state index contributed by atoms with van der Waals surface area (Å²) < 4.78 is 34.0. The maximum absolute atomic E-state index is 15.4. The van der Waals surface area contributed by atoms with Crippen molar-refractivity contribution in [3.05, 3.63) is 87.3 Å². The molecule has 2 aromatic carbocycles. The number of aromatic nitrogens is 3. The Bertz CT molecular complexity index is 1750. The molecule has 0 radical (unpaired) electrons. The van der Waals surface area contributed by atoms with Crippen molar-refractivity contribution in [2.75, 3.05) is 0 Å². The number of thiophene rings is 1. The summed E-state index contributed by atoms with van der Waals surface area (Å²) >= 11 is 1.25. The van der Waals surface area contributed by atoms with E-state index in [1.54, 1.807) is 41.5 Å². The van der Waals surface area contributed by atoms with Gasteiger partial charge in [0.25, 0.3) is 11.5 Å². The first-order valence-corrected chi connectivity index (χ1v) is 13.2. The highest BCUT2D eigenvalue weighted by molar-refractivity contribution is 7.17. The molecule has 1 aliphatic rings. The van der Waals surface area contributed by atoms with Crippen molar-refractivity contribution in [1.29, 1.82) is 0 Å². The van der Waals surface area contributed by atoms with Gasteiger partial charge in [-0.3, -0.25) is 14.3 Å². The standard InChI is InChI=1S/C28H24F2N4O3S/c1-33-12-18-16(4-2-5-23(18)32-33)15-10-21(29)19(22(30)11-15)13-34-14-20(26-17(28(34)37)8-9-38-26)27(36)31-24-6-3-7-25(24)35/h2,4-5,8-12,14,24-25,35H,3,6-7,13H2,1H3,(H,31,36)/t24-,25-/m0/s1. The molecule has 3 heterocycles. The second-order valence-electron chi connectivity index (χ2n) is 9.68. The molecule has 194 valence electrons. The van der Waals surface area contributed by atoms with Gasteiger partial charge in [-0.25, -0.2) is 8.78 Å². The van der Waals surface area contributed by atoms with E-state index in [-0.39, 0.29) is 23.7 Å². The molecule has 2 atom stereocenters. The summed E-state index contributed by atoms with van der Waals surface area (Å²) in [4.78, 5) is 26.3. The van der Waals surface area contributed by atoms with Crippen LogP contribution in [0.1, 0.15) is 35.2 Å². The number of carbonyl (C=O) groups excluding carboxylic acids is 1. The summed E-state index contributed by atoms with van der Waals surface area (Å²) in [5, 5.41) is 20.1. The highest BCUT2D eigenvalue weighted by Gasteiger charge is 2.28. The van der Waals surface area contributed by atoms with Crippen molar-refractivity contribution >= 4 is 38.2 Å². The van der Waals surface area contributed by atoms with Crippen molar-refractivity contribution in [2.45, 2.75) is 38.0 Å². The number of nitrogens with zero attached hydrogens (tertiary/aromatic N) is 3. The van der Waals surface area contributed by atoms with Gasteiger partial charge in [0.2, 0.25) is 0 Å². The number of benzene rings is 2. The van der Waals surface area contributed by atoms with E-state index >= 15 is 8.78 Å². The summed E-state index contributed by atoms with van der Waals surface area (Å²) in [5.41, 5.74) is 1.22. The minimum atomic E-state index is -0.793. The Morgan fingerprint density at radius 2 is 1.95 bits per heavy atom. The highest BCUT2D eigenvalue weighted by atomic mass is 32.1. The zero-order chi connectivity index (χ0) is 26.6. The van der Waals surface area contributed by atoms with Gasteiger partial charge in [0, 0.05) is 30.4 Å². The van der Waals surface area contributed by atoms with Crippen LogP contribution in [0.3, 0.4) is 0 Å². The largest absolute Gasteiger partial charge is 0.391 e. The number of amides is 1. The molecule has 6 rings (SSSR count). The Morgan fingerprint density at radius 3 is 2.68 bits per heavy atom. The Hall–Kier alpha value is -3.89. The molecule has 1 aliphatic carbocycles. The molecule has 7 nitrogen and oxygen atoms in total. The van der Waals surface area contributed by atoms with Gasteiger partial charge < -0.3 is 15.0 Å². The average molecular weight is 535 g/mol. The molecule has 0 spiro atoms.